The number of amides is 2. The molecule has 0 spiro atoms. The highest BCUT2D eigenvalue weighted by Crippen LogP contribution is 2.14. The summed E-state index contributed by atoms with van der Waals surface area (Å²) in [6, 6.07) is 8.51. The number of hydrogen-bond acceptors (Lipinski definition) is 4. The van der Waals surface area contributed by atoms with Crippen molar-refractivity contribution in [3.63, 3.8) is 0 Å². The summed E-state index contributed by atoms with van der Waals surface area (Å²) < 4.78 is 5.06. The summed E-state index contributed by atoms with van der Waals surface area (Å²) in [6.45, 7) is 1.11. The highest BCUT2D eigenvalue weighted by Gasteiger charge is 2.09. The number of carbonyl (C=O) groups is 2. The average Bonchev–Trinajstić information content (AvgIpc) is 2.37. The van der Waals surface area contributed by atoms with Crippen LogP contribution in [0.2, 0.25) is 0 Å². The van der Waals surface area contributed by atoms with Crippen LogP contribution in [0.4, 0.5) is 5.69 Å². The zero-order chi connectivity index (χ0) is 13.8. The molecule has 6 nitrogen and oxygen atoms in total. The molecule has 0 aliphatic rings. The van der Waals surface area contributed by atoms with Crippen LogP contribution in [0.3, 0.4) is 0 Å². The predicted molar refractivity (Wildman–Crippen MR) is 69.8 cm³/mol. The Morgan fingerprint density at radius 3 is 2.74 bits per heavy atom. The minimum absolute atomic E-state index is 0.0500. The molecular formula is C13H12N2O4. The lowest BCUT2D eigenvalue weighted by molar-refractivity contribution is -0.122. The normalized spacial score (nSPS) is 10.2. The van der Waals surface area contributed by atoms with Crippen molar-refractivity contribution >= 4 is 28.5 Å². The van der Waals surface area contributed by atoms with E-state index in [-0.39, 0.29) is 18.1 Å². The Bertz CT molecular complexity index is 690. The third kappa shape index (κ3) is 3.19. The quantitative estimate of drug-likeness (QED) is 0.801. The van der Waals surface area contributed by atoms with E-state index in [1.807, 2.05) is 0 Å². The summed E-state index contributed by atoms with van der Waals surface area (Å²) in [5.41, 5.74) is -0.128. The number of para-hydroxylation sites is 1. The van der Waals surface area contributed by atoms with E-state index < -0.39 is 11.5 Å². The molecule has 0 saturated carbocycles. The highest BCUT2D eigenvalue weighted by atomic mass is 16.4. The second kappa shape index (κ2) is 5.34. The summed E-state index contributed by atoms with van der Waals surface area (Å²) in [7, 11) is 0. The monoisotopic (exact) mass is 260 g/mol. The summed E-state index contributed by atoms with van der Waals surface area (Å²) in [5, 5.41) is 5.44. The molecule has 2 N–H and O–H groups in total. The second-order valence-corrected chi connectivity index (χ2v) is 3.94. The minimum atomic E-state index is -0.630. The van der Waals surface area contributed by atoms with Gasteiger partial charge in [-0.15, -0.1) is 0 Å². The smallest absolute Gasteiger partial charge is 0.360 e. The second-order valence-electron chi connectivity index (χ2n) is 3.94. The Kier molecular flexibility index (Phi) is 3.61. The first kappa shape index (κ1) is 12.8. The van der Waals surface area contributed by atoms with Crippen molar-refractivity contribution in [3.8, 4) is 0 Å². The minimum Gasteiger partial charge on any atom is -0.421 e. The van der Waals surface area contributed by atoms with Crippen molar-refractivity contribution in [2.45, 2.75) is 6.92 Å². The van der Waals surface area contributed by atoms with Crippen molar-refractivity contribution in [1.82, 2.24) is 5.32 Å². The Morgan fingerprint density at radius 1 is 1.26 bits per heavy atom. The molecule has 6 heteroatoms. The number of carbonyl (C=O) groups excluding carboxylic acids is 2. The molecule has 98 valence electrons. The molecule has 0 radical (unpaired) electrons. The van der Waals surface area contributed by atoms with Gasteiger partial charge in [-0.25, -0.2) is 4.79 Å². The van der Waals surface area contributed by atoms with E-state index in [0.717, 1.165) is 0 Å². The maximum atomic E-state index is 11.6. The molecule has 0 bridgehead atoms. The first-order chi connectivity index (χ1) is 9.06. The van der Waals surface area contributed by atoms with Crippen LogP contribution in [0.1, 0.15) is 6.92 Å². The number of benzene rings is 1. The number of nitrogens with one attached hydrogen (secondary N) is 2. The van der Waals surface area contributed by atoms with Gasteiger partial charge in [0.2, 0.25) is 11.8 Å². The van der Waals surface area contributed by atoms with Crippen LogP contribution in [0.15, 0.2) is 39.5 Å². The molecule has 0 saturated heterocycles. The van der Waals surface area contributed by atoms with Gasteiger partial charge in [-0.05, 0) is 12.1 Å². The molecule has 1 aromatic carbocycles. The number of fused-ring (bicyclic) bond motifs is 1. The SMILES string of the molecule is CC(=O)NCC(=O)Nc1cc2ccccc2oc1=O. The standard InChI is InChI=1S/C13H12N2O4/c1-8(16)14-7-12(17)15-10-6-9-4-2-3-5-11(9)19-13(10)18/h2-6H,7H2,1H3,(H,14,16)(H,15,17). The largest absolute Gasteiger partial charge is 0.421 e. The third-order valence-electron chi connectivity index (χ3n) is 2.41. The van der Waals surface area contributed by atoms with Crippen molar-refractivity contribution in [2.75, 3.05) is 11.9 Å². The lowest BCUT2D eigenvalue weighted by Crippen LogP contribution is -2.32. The van der Waals surface area contributed by atoms with Gasteiger partial charge < -0.3 is 15.1 Å². The molecule has 0 aliphatic heterocycles. The molecule has 1 heterocycles. The first-order valence-electron chi connectivity index (χ1n) is 5.63. The Morgan fingerprint density at radius 2 is 2.00 bits per heavy atom. The average molecular weight is 260 g/mol. The molecule has 0 unspecified atom stereocenters. The van der Waals surface area contributed by atoms with Crippen molar-refractivity contribution in [2.24, 2.45) is 0 Å². The molecule has 0 atom stereocenters. The molecule has 0 fully saturated rings. The fraction of sp³-hybridized carbons (Fsp3) is 0.154. The van der Waals surface area contributed by atoms with Gasteiger partial charge in [0.25, 0.3) is 0 Å². The van der Waals surface area contributed by atoms with Gasteiger partial charge in [0, 0.05) is 12.3 Å². The molecule has 1 aromatic heterocycles. The van der Waals surface area contributed by atoms with Crippen LogP contribution in [0.25, 0.3) is 11.0 Å². The number of hydrogen-bond donors (Lipinski definition) is 2. The van der Waals surface area contributed by atoms with Gasteiger partial charge in [0.1, 0.15) is 11.3 Å². The summed E-state index contributed by atoms with van der Waals surface area (Å²) >= 11 is 0. The van der Waals surface area contributed by atoms with E-state index in [1.54, 1.807) is 24.3 Å². The molecular weight excluding hydrogens is 248 g/mol. The van der Waals surface area contributed by atoms with Gasteiger partial charge in [-0.1, -0.05) is 18.2 Å². The number of rotatable bonds is 3. The van der Waals surface area contributed by atoms with Crippen molar-refractivity contribution in [1.29, 1.82) is 0 Å². The van der Waals surface area contributed by atoms with Crippen LogP contribution in [-0.2, 0) is 9.59 Å². The Hall–Kier alpha value is -2.63. The maximum Gasteiger partial charge on any atom is 0.360 e. The third-order valence-corrected chi connectivity index (χ3v) is 2.41. The van der Waals surface area contributed by atoms with Crippen LogP contribution >= 0.6 is 0 Å². The maximum absolute atomic E-state index is 11.6. The van der Waals surface area contributed by atoms with E-state index in [9.17, 15) is 14.4 Å². The van der Waals surface area contributed by atoms with Gasteiger partial charge in [0.15, 0.2) is 0 Å². The van der Waals surface area contributed by atoms with Gasteiger partial charge in [0.05, 0.1) is 6.54 Å². The van der Waals surface area contributed by atoms with E-state index in [1.165, 1.54) is 13.0 Å². The van der Waals surface area contributed by atoms with E-state index in [2.05, 4.69) is 10.6 Å². The van der Waals surface area contributed by atoms with E-state index in [4.69, 9.17) is 4.42 Å². The zero-order valence-corrected chi connectivity index (χ0v) is 10.2. The Balaban J connectivity index is 2.20. The fourth-order valence-corrected chi connectivity index (χ4v) is 1.55. The topological polar surface area (TPSA) is 88.4 Å². The zero-order valence-electron chi connectivity index (χ0n) is 10.2. The van der Waals surface area contributed by atoms with Crippen molar-refractivity contribution < 1.29 is 14.0 Å². The summed E-state index contributed by atoms with van der Waals surface area (Å²) in [5.74, 6) is -0.807. The van der Waals surface area contributed by atoms with Gasteiger partial charge in [-0.3, -0.25) is 9.59 Å². The van der Waals surface area contributed by atoms with Crippen LogP contribution in [-0.4, -0.2) is 18.4 Å². The van der Waals surface area contributed by atoms with Gasteiger partial charge in [-0.2, -0.15) is 0 Å². The highest BCUT2D eigenvalue weighted by molar-refractivity contribution is 5.95. The van der Waals surface area contributed by atoms with Crippen LogP contribution in [0, 0.1) is 0 Å². The summed E-state index contributed by atoms with van der Waals surface area (Å²) in [6.07, 6.45) is 0. The molecule has 19 heavy (non-hydrogen) atoms. The van der Waals surface area contributed by atoms with Crippen molar-refractivity contribution in [3.05, 3.63) is 40.8 Å². The lowest BCUT2D eigenvalue weighted by Gasteiger charge is -2.05. The first-order valence-corrected chi connectivity index (χ1v) is 5.63. The lowest BCUT2D eigenvalue weighted by atomic mass is 10.2. The molecule has 2 aromatic rings. The molecule has 2 rings (SSSR count). The Labute approximate surface area is 108 Å². The van der Waals surface area contributed by atoms with Crippen LogP contribution < -0.4 is 16.3 Å². The summed E-state index contributed by atoms with van der Waals surface area (Å²) in [4.78, 5) is 33.8. The number of anilines is 1. The molecule has 2 amide bonds. The van der Waals surface area contributed by atoms with Gasteiger partial charge >= 0.3 is 5.63 Å². The van der Waals surface area contributed by atoms with E-state index in [0.29, 0.717) is 11.0 Å². The molecule has 0 aliphatic carbocycles. The fourth-order valence-electron chi connectivity index (χ4n) is 1.55. The predicted octanol–water partition coefficient (Wildman–Crippen LogP) is 0.868. The van der Waals surface area contributed by atoms with E-state index >= 15 is 0 Å². The van der Waals surface area contributed by atoms with Crippen LogP contribution in [0.5, 0.6) is 0 Å².